The maximum absolute atomic E-state index is 11.7. The molecule has 4 heteroatoms. The molecule has 0 saturated heterocycles. The number of amides is 1. The molecule has 0 saturated carbocycles. The Morgan fingerprint density at radius 3 is 2.56 bits per heavy atom. The molecule has 1 aromatic rings. The quantitative estimate of drug-likeness (QED) is 0.700. The van der Waals surface area contributed by atoms with E-state index in [1.54, 1.807) is 6.92 Å². The number of carbonyl (C=O) groups is 1. The molecule has 0 aliphatic carbocycles. The predicted octanol–water partition coefficient (Wildman–Crippen LogP) is 0.787. The predicted molar refractivity (Wildman–Crippen MR) is 70.2 cm³/mol. The Kier molecular flexibility index (Phi) is 5.31. The van der Waals surface area contributed by atoms with Gasteiger partial charge in [-0.2, -0.15) is 0 Å². The van der Waals surface area contributed by atoms with E-state index in [-0.39, 0.29) is 19.1 Å². The van der Waals surface area contributed by atoms with Crippen molar-refractivity contribution in [3.8, 4) is 0 Å². The molecule has 100 valence electrons. The first-order chi connectivity index (χ1) is 8.49. The Morgan fingerprint density at radius 2 is 2.00 bits per heavy atom. The number of benzene rings is 1. The van der Waals surface area contributed by atoms with Crippen LogP contribution in [0.2, 0.25) is 0 Å². The van der Waals surface area contributed by atoms with Crippen LogP contribution in [-0.4, -0.2) is 34.9 Å². The Labute approximate surface area is 108 Å². The van der Waals surface area contributed by atoms with Crippen molar-refractivity contribution in [3.05, 3.63) is 35.4 Å². The molecule has 0 atom stereocenters. The second-order valence-electron chi connectivity index (χ2n) is 4.91. The van der Waals surface area contributed by atoms with Crippen molar-refractivity contribution in [1.29, 1.82) is 0 Å². The molecule has 1 amide bonds. The fraction of sp³-hybridized carbons (Fsp3) is 0.500. The molecule has 3 N–H and O–H groups in total. The number of aliphatic hydroxyl groups is 2. The summed E-state index contributed by atoms with van der Waals surface area (Å²) in [6.07, 6.45) is 0.999. The van der Waals surface area contributed by atoms with Crippen LogP contribution in [0.3, 0.4) is 0 Å². The zero-order chi connectivity index (χ0) is 13.6. The summed E-state index contributed by atoms with van der Waals surface area (Å²) in [7, 11) is 0. The van der Waals surface area contributed by atoms with Gasteiger partial charge in [-0.05, 0) is 25.8 Å². The van der Waals surface area contributed by atoms with Gasteiger partial charge in [0.2, 0.25) is 5.91 Å². The van der Waals surface area contributed by atoms with Crippen molar-refractivity contribution in [3.63, 3.8) is 0 Å². The summed E-state index contributed by atoms with van der Waals surface area (Å²) in [6, 6.07) is 8.01. The summed E-state index contributed by atoms with van der Waals surface area (Å²) in [5.41, 5.74) is 1.34. The fourth-order valence-corrected chi connectivity index (χ4v) is 1.65. The third-order valence-corrected chi connectivity index (χ3v) is 2.86. The molecule has 0 aromatic heterocycles. The lowest BCUT2D eigenvalue weighted by molar-refractivity contribution is -0.124. The van der Waals surface area contributed by atoms with Crippen LogP contribution in [0.25, 0.3) is 0 Å². The van der Waals surface area contributed by atoms with Gasteiger partial charge in [-0.1, -0.05) is 29.8 Å². The number of nitrogens with one attached hydrogen (secondary N) is 1. The van der Waals surface area contributed by atoms with Crippen LogP contribution >= 0.6 is 0 Å². The number of hydrogen-bond donors (Lipinski definition) is 3. The summed E-state index contributed by atoms with van der Waals surface area (Å²) in [5, 5.41) is 20.8. The van der Waals surface area contributed by atoms with Crippen molar-refractivity contribution < 1.29 is 15.0 Å². The first-order valence-electron chi connectivity index (χ1n) is 6.07. The highest BCUT2D eigenvalue weighted by atomic mass is 16.3. The minimum absolute atomic E-state index is 0.165. The Hall–Kier alpha value is -1.39. The van der Waals surface area contributed by atoms with Crippen LogP contribution in [0.1, 0.15) is 24.5 Å². The molecular weight excluding hydrogens is 230 g/mol. The molecule has 0 aliphatic rings. The van der Waals surface area contributed by atoms with E-state index in [9.17, 15) is 4.79 Å². The maximum atomic E-state index is 11.7. The van der Waals surface area contributed by atoms with Crippen LogP contribution in [0.4, 0.5) is 0 Å². The van der Waals surface area contributed by atoms with Crippen molar-refractivity contribution in [1.82, 2.24) is 5.32 Å². The number of aryl methyl sites for hydroxylation is 2. The molecule has 0 radical (unpaired) electrons. The monoisotopic (exact) mass is 251 g/mol. The molecule has 0 heterocycles. The van der Waals surface area contributed by atoms with Crippen molar-refractivity contribution >= 4 is 5.91 Å². The van der Waals surface area contributed by atoms with Gasteiger partial charge >= 0.3 is 0 Å². The van der Waals surface area contributed by atoms with Crippen LogP contribution in [0.5, 0.6) is 0 Å². The van der Waals surface area contributed by atoms with Gasteiger partial charge in [0.15, 0.2) is 0 Å². The minimum atomic E-state index is -0.941. The summed E-state index contributed by atoms with van der Waals surface area (Å²) in [5.74, 6) is -0.165. The first-order valence-corrected chi connectivity index (χ1v) is 6.07. The highest BCUT2D eigenvalue weighted by Crippen LogP contribution is 2.07. The summed E-state index contributed by atoms with van der Waals surface area (Å²) in [6.45, 7) is 3.06. The molecule has 4 nitrogen and oxygen atoms in total. The lowest BCUT2D eigenvalue weighted by Gasteiger charge is -2.26. The topological polar surface area (TPSA) is 69.6 Å². The molecule has 1 rings (SSSR count). The van der Waals surface area contributed by atoms with E-state index in [0.29, 0.717) is 12.8 Å². The molecule has 0 aliphatic heterocycles. The van der Waals surface area contributed by atoms with Gasteiger partial charge < -0.3 is 15.5 Å². The van der Waals surface area contributed by atoms with Gasteiger partial charge in [0, 0.05) is 6.42 Å². The van der Waals surface area contributed by atoms with Crippen LogP contribution in [0, 0.1) is 6.92 Å². The van der Waals surface area contributed by atoms with E-state index >= 15 is 0 Å². The largest absolute Gasteiger partial charge is 0.394 e. The number of aliphatic hydroxyl groups excluding tert-OH is 2. The number of hydrogen-bond acceptors (Lipinski definition) is 3. The molecule has 1 aromatic carbocycles. The summed E-state index contributed by atoms with van der Waals surface area (Å²) in [4.78, 5) is 11.7. The van der Waals surface area contributed by atoms with Crippen LogP contribution in [-0.2, 0) is 11.2 Å². The van der Waals surface area contributed by atoms with Gasteiger partial charge in [-0.25, -0.2) is 0 Å². The smallest absolute Gasteiger partial charge is 0.220 e. The Bertz CT molecular complexity index is 400. The van der Waals surface area contributed by atoms with Crippen molar-refractivity contribution in [2.75, 3.05) is 13.2 Å². The second-order valence-corrected chi connectivity index (χ2v) is 4.91. The van der Waals surface area contributed by atoms with Crippen LogP contribution in [0.15, 0.2) is 24.3 Å². The van der Waals surface area contributed by atoms with E-state index in [1.807, 2.05) is 31.2 Å². The molecule has 0 spiro atoms. The third-order valence-electron chi connectivity index (χ3n) is 2.86. The van der Waals surface area contributed by atoms with E-state index in [0.717, 1.165) is 5.56 Å². The maximum Gasteiger partial charge on any atom is 0.220 e. The van der Waals surface area contributed by atoms with E-state index in [4.69, 9.17) is 10.2 Å². The summed E-state index contributed by atoms with van der Waals surface area (Å²) >= 11 is 0. The highest BCUT2D eigenvalue weighted by Gasteiger charge is 2.24. The van der Waals surface area contributed by atoms with Crippen molar-refractivity contribution in [2.45, 2.75) is 32.2 Å². The first kappa shape index (κ1) is 14.7. The third kappa shape index (κ3) is 4.47. The molecule has 0 bridgehead atoms. The Balaban J connectivity index is 2.47. The molecule has 18 heavy (non-hydrogen) atoms. The SMILES string of the molecule is Cc1cccc(CCC(=O)NC(C)(CO)CO)c1. The lowest BCUT2D eigenvalue weighted by atomic mass is 10.0. The lowest BCUT2D eigenvalue weighted by Crippen LogP contribution is -2.51. The molecule has 0 unspecified atom stereocenters. The standard InChI is InChI=1S/C14H21NO3/c1-11-4-3-5-12(8-11)6-7-13(18)15-14(2,9-16)10-17/h3-5,8,16-17H,6-7,9-10H2,1-2H3,(H,15,18). The van der Waals surface area contributed by atoms with E-state index in [2.05, 4.69) is 5.32 Å². The zero-order valence-electron chi connectivity index (χ0n) is 10.9. The van der Waals surface area contributed by atoms with Crippen LogP contribution < -0.4 is 5.32 Å². The van der Waals surface area contributed by atoms with E-state index < -0.39 is 5.54 Å². The molecule has 0 fully saturated rings. The van der Waals surface area contributed by atoms with Gasteiger partial charge in [0.1, 0.15) is 0 Å². The van der Waals surface area contributed by atoms with Crippen molar-refractivity contribution in [2.24, 2.45) is 0 Å². The summed E-state index contributed by atoms with van der Waals surface area (Å²) < 4.78 is 0. The normalized spacial score (nSPS) is 11.3. The van der Waals surface area contributed by atoms with Gasteiger partial charge in [-0.3, -0.25) is 4.79 Å². The number of carbonyl (C=O) groups excluding carboxylic acids is 1. The van der Waals surface area contributed by atoms with E-state index in [1.165, 1.54) is 5.56 Å². The average molecular weight is 251 g/mol. The second kappa shape index (κ2) is 6.52. The van der Waals surface area contributed by atoms with Gasteiger partial charge in [0.25, 0.3) is 0 Å². The van der Waals surface area contributed by atoms with Gasteiger partial charge in [-0.15, -0.1) is 0 Å². The Morgan fingerprint density at radius 1 is 1.33 bits per heavy atom. The van der Waals surface area contributed by atoms with Gasteiger partial charge in [0.05, 0.1) is 18.8 Å². The highest BCUT2D eigenvalue weighted by molar-refractivity contribution is 5.77. The zero-order valence-corrected chi connectivity index (χ0v) is 10.9. The minimum Gasteiger partial charge on any atom is -0.394 e. The molecular formula is C14H21NO3. The number of rotatable bonds is 6. The average Bonchev–Trinajstić information content (AvgIpc) is 2.36. The fourth-order valence-electron chi connectivity index (χ4n) is 1.65.